The Morgan fingerprint density at radius 3 is 1.56 bits per heavy atom. The Balaban J connectivity index is 0. The van der Waals surface area contributed by atoms with Gasteiger partial charge in [0, 0.05) is 0 Å². The first-order valence-corrected chi connectivity index (χ1v) is 16.6. The number of unbranched alkanes of at least 4 members (excludes halogenated alkanes) is 5. The molecule has 0 heterocycles. The number of halogens is 6. The molecular weight excluding hydrogens is 440 g/mol. The van der Waals surface area contributed by atoms with Crippen molar-refractivity contribution >= 4 is 68.3 Å². The van der Waals surface area contributed by atoms with Crippen molar-refractivity contribution in [2.45, 2.75) is 51.5 Å². The maximum atomic E-state index is 5.74. The van der Waals surface area contributed by atoms with Crippen LogP contribution in [-0.4, -0.2) is 6.00 Å². The molecule has 0 rings (SSSR count). The average Bonchev–Trinajstić information content (AvgIpc) is 2.08. The Morgan fingerprint density at radius 1 is 0.812 bits per heavy atom. The van der Waals surface area contributed by atoms with Crippen LogP contribution in [0.2, 0.25) is 6.04 Å². The van der Waals surface area contributed by atoms with Crippen molar-refractivity contribution in [3.63, 3.8) is 0 Å². The van der Waals surface area contributed by atoms with Crippen molar-refractivity contribution in [3.8, 4) is 0 Å². The van der Waals surface area contributed by atoms with Crippen LogP contribution in [0.4, 0.5) is 0 Å². The van der Waals surface area contributed by atoms with E-state index in [1.165, 1.54) is 32.1 Å². The summed E-state index contributed by atoms with van der Waals surface area (Å²) in [6.45, 7) is 2.22. The molecule has 0 nitrogen and oxygen atoms in total. The maximum absolute atomic E-state index is 5.74. The van der Waals surface area contributed by atoms with Crippen LogP contribution in [-0.2, 0) is 13.0 Å². The van der Waals surface area contributed by atoms with Crippen LogP contribution >= 0.6 is 62.3 Å². The van der Waals surface area contributed by atoms with Crippen LogP contribution in [0.25, 0.3) is 0 Å². The van der Waals surface area contributed by atoms with Crippen LogP contribution in [0.5, 0.6) is 0 Å². The van der Waals surface area contributed by atoms with E-state index in [0.29, 0.717) is 0 Å². The predicted molar refractivity (Wildman–Crippen MR) is 79.1 cm³/mol. The molecule has 0 saturated heterocycles. The van der Waals surface area contributed by atoms with Crippen molar-refractivity contribution < 1.29 is 13.0 Å². The van der Waals surface area contributed by atoms with Gasteiger partial charge in [-0.3, -0.25) is 0 Å². The number of rotatable bonds is 7. The van der Waals surface area contributed by atoms with Gasteiger partial charge in [-0.2, -0.15) is 0 Å². The molecule has 0 radical (unpaired) electrons. The molecular formula is C8H17Cl6RhSi. The normalized spacial score (nSPS) is 11.8. The van der Waals surface area contributed by atoms with Crippen molar-refractivity contribution in [1.29, 1.82) is 0 Å². The SMILES string of the molecule is CCCCCCCC[Si](Cl)(Cl)Cl.[Cl][Rh]([Cl])[Cl]. The van der Waals surface area contributed by atoms with Crippen molar-refractivity contribution in [2.75, 3.05) is 0 Å². The molecule has 0 aromatic rings. The van der Waals surface area contributed by atoms with Gasteiger partial charge in [0.1, 0.15) is 0 Å². The molecule has 0 spiro atoms. The van der Waals surface area contributed by atoms with E-state index in [2.05, 4.69) is 6.92 Å². The van der Waals surface area contributed by atoms with Gasteiger partial charge in [-0.1, -0.05) is 45.4 Å². The van der Waals surface area contributed by atoms with Gasteiger partial charge in [0.15, 0.2) is 0 Å². The molecule has 16 heavy (non-hydrogen) atoms. The second kappa shape index (κ2) is 14.0. The van der Waals surface area contributed by atoms with Crippen LogP contribution in [0, 0.1) is 0 Å². The number of hydrogen-bond acceptors (Lipinski definition) is 0. The summed E-state index contributed by atoms with van der Waals surface area (Å²) in [4.78, 5) is 0. The molecule has 0 aliphatic heterocycles. The van der Waals surface area contributed by atoms with Crippen molar-refractivity contribution in [3.05, 3.63) is 0 Å². The first-order chi connectivity index (χ1) is 7.29. The summed E-state index contributed by atoms with van der Waals surface area (Å²) < 4.78 is 0. The van der Waals surface area contributed by atoms with E-state index in [-0.39, 0.29) is 0 Å². The Hall–Kier alpha value is 2.58. The molecule has 0 amide bonds. The molecule has 0 aromatic carbocycles. The Kier molecular flexibility index (Phi) is 18.3. The van der Waals surface area contributed by atoms with Crippen molar-refractivity contribution in [1.82, 2.24) is 0 Å². The van der Waals surface area contributed by atoms with Gasteiger partial charge in [0.05, 0.1) is 0 Å². The minimum atomic E-state index is -2.31. The monoisotopic (exact) mass is 454 g/mol. The first kappa shape index (κ1) is 20.9. The van der Waals surface area contributed by atoms with E-state index in [1.54, 1.807) is 0 Å². The average molecular weight is 457 g/mol. The van der Waals surface area contributed by atoms with Crippen LogP contribution in [0.15, 0.2) is 0 Å². The molecule has 0 aliphatic carbocycles. The molecule has 0 bridgehead atoms. The molecule has 8 heteroatoms. The molecule has 0 fully saturated rings. The summed E-state index contributed by atoms with van der Waals surface area (Å²) in [5.41, 5.74) is 0. The molecule has 0 aliphatic rings. The molecule has 0 atom stereocenters. The second-order valence-electron chi connectivity index (χ2n) is 3.28. The Morgan fingerprint density at radius 2 is 1.19 bits per heavy atom. The Labute approximate surface area is 131 Å². The molecule has 0 saturated carbocycles. The molecule has 0 aromatic heterocycles. The fraction of sp³-hybridized carbons (Fsp3) is 1.00. The predicted octanol–water partition coefficient (Wildman–Crippen LogP) is 7.07. The molecule has 104 valence electrons. The quantitative estimate of drug-likeness (QED) is 0.218. The van der Waals surface area contributed by atoms with E-state index < -0.39 is 19.0 Å². The summed E-state index contributed by atoms with van der Waals surface area (Å²) >= 11 is 15.6. The second-order valence-corrected chi connectivity index (χ2v) is 20.0. The van der Waals surface area contributed by atoms with Gasteiger partial charge in [-0.25, -0.2) is 0 Å². The molecule has 0 N–H and O–H groups in total. The van der Waals surface area contributed by atoms with E-state index in [9.17, 15) is 0 Å². The fourth-order valence-corrected chi connectivity index (χ4v) is 2.96. The minimum absolute atomic E-state index is 0.823. The summed E-state index contributed by atoms with van der Waals surface area (Å²) in [6.07, 6.45) is 7.57. The van der Waals surface area contributed by atoms with E-state index >= 15 is 0 Å². The van der Waals surface area contributed by atoms with Gasteiger partial charge in [-0.15, -0.1) is 33.2 Å². The summed E-state index contributed by atoms with van der Waals surface area (Å²) in [5, 5.41) is 0. The topological polar surface area (TPSA) is 0 Å². The van der Waals surface area contributed by atoms with Gasteiger partial charge in [0.2, 0.25) is 0 Å². The third kappa shape index (κ3) is 30.0. The standard InChI is InChI=1S/C8H17Cl3Si.3ClH.Rh/c1-2-3-4-5-6-7-8-12(9,10)11;;;;/h2-8H2,1H3;3*1H;/q;;;;+3/p-3. The zero-order valence-corrected chi connectivity index (χ0v) is 16.2. The van der Waals surface area contributed by atoms with Crippen LogP contribution < -0.4 is 0 Å². The van der Waals surface area contributed by atoms with E-state index in [4.69, 9.17) is 62.3 Å². The van der Waals surface area contributed by atoms with Gasteiger partial charge in [-0.05, 0) is 6.04 Å². The van der Waals surface area contributed by atoms with Crippen LogP contribution in [0.1, 0.15) is 45.4 Å². The van der Waals surface area contributed by atoms with Gasteiger partial charge >= 0.3 is 48.1 Å². The summed E-state index contributed by atoms with van der Waals surface area (Å²) in [6, 6.07) is -1.49. The first-order valence-electron chi connectivity index (χ1n) is 5.01. The van der Waals surface area contributed by atoms with Gasteiger partial charge < -0.3 is 0 Å². The number of hydrogen-bond donors (Lipinski definition) is 0. The summed E-state index contributed by atoms with van der Waals surface area (Å²) in [7, 11) is 14.8. The van der Waals surface area contributed by atoms with Crippen LogP contribution in [0.3, 0.4) is 0 Å². The zero-order chi connectivity index (χ0) is 13.0. The fourth-order valence-electron chi connectivity index (χ4n) is 1.11. The zero-order valence-electron chi connectivity index (χ0n) is 9.05. The Bertz CT molecular complexity index is 138. The summed E-state index contributed by atoms with van der Waals surface area (Å²) in [5.74, 6) is 0. The third-order valence-corrected chi connectivity index (χ3v) is 4.44. The van der Waals surface area contributed by atoms with Gasteiger partial charge in [0.25, 0.3) is 0 Å². The van der Waals surface area contributed by atoms with E-state index in [1.807, 2.05) is 0 Å². The van der Waals surface area contributed by atoms with Crippen molar-refractivity contribution in [2.24, 2.45) is 0 Å². The third-order valence-electron chi connectivity index (χ3n) is 1.81. The molecule has 0 unspecified atom stereocenters. The van der Waals surface area contributed by atoms with E-state index in [0.717, 1.165) is 12.5 Å².